The largest absolute Gasteiger partial charge is 0.472 e. The Morgan fingerprint density at radius 1 is 0.318 bits per heavy atom. The van der Waals surface area contributed by atoms with Gasteiger partial charge in [0.05, 0.1) is 26.4 Å². The SMILES string of the molecule is CCC(C)CCCCCCCCC(=O)OC[C@H](COP(=O)(O)OC[C@H](O)COP(=O)(O)OC[C@@H](COC(=O)CCCCCCCCCCCCCCC(C)C)OC(=O)CCCCCCCCCCC(C)C)OC(=O)CCCCCCCCCCCC(C)C. The van der Waals surface area contributed by atoms with Gasteiger partial charge in [0.15, 0.2) is 12.2 Å². The van der Waals surface area contributed by atoms with Gasteiger partial charge in [-0.3, -0.25) is 37.3 Å². The van der Waals surface area contributed by atoms with Crippen LogP contribution in [-0.2, 0) is 65.4 Å². The molecule has 522 valence electrons. The van der Waals surface area contributed by atoms with Crippen LogP contribution in [0.15, 0.2) is 0 Å². The van der Waals surface area contributed by atoms with Crippen molar-refractivity contribution >= 4 is 39.5 Å². The van der Waals surface area contributed by atoms with E-state index in [9.17, 15) is 43.2 Å². The van der Waals surface area contributed by atoms with Crippen LogP contribution in [0.4, 0.5) is 0 Å². The molecule has 19 heteroatoms. The van der Waals surface area contributed by atoms with Crippen LogP contribution in [0.5, 0.6) is 0 Å². The maximum absolute atomic E-state index is 13.0. The molecule has 0 aliphatic carbocycles. The second kappa shape index (κ2) is 58.8. The monoisotopic (exact) mass is 1300 g/mol. The van der Waals surface area contributed by atoms with Crippen molar-refractivity contribution in [1.82, 2.24) is 0 Å². The van der Waals surface area contributed by atoms with Gasteiger partial charge in [0, 0.05) is 25.7 Å². The molecule has 0 amide bonds. The fraction of sp³-hybridized carbons (Fsp3) is 0.942. The van der Waals surface area contributed by atoms with Crippen molar-refractivity contribution in [3.8, 4) is 0 Å². The standard InChI is InChI=1S/C69H134O17P2/c1-9-62(8)48-40-32-27-28-34-42-50-67(72)80-56-65(85-68(73)51-43-35-25-18-14-16-22-30-38-46-60(4)5)58-84-88(77,78)82-54-63(70)53-81-87(75,76)83-57-64(86-69(74)52-44-36-26-20-19-23-31-39-47-61(6)7)55-79-66(71)49-41-33-24-17-13-11-10-12-15-21-29-37-45-59(2)3/h59-65,70H,9-58H2,1-8H3,(H,75,76)(H,77,78)/t62?,63-,64-,65-/m1/s1. The van der Waals surface area contributed by atoms with Crippen LogP contribution in [0.1, 0.15) is 338 Å². The van der Waals surface area contributed by atoms with E-state index in [1.165, 1.54) is 135 Å². The number of rotatable bonds is 66. The van der Waals surface area contributed by atoms with Crippen molar-refractivity contribution in [2.75, 3.05) is 39.6 Å². The average Bonchev–Trinajstić information content (AvgIpc) is 3.64. The van der Waals surface area contributed by atoms with Gasteiger partial charge in [-0.05, 0) is 49.4 Å². The molecule has 0 aliphatic heterocycles. The van der Waals surface area contributed by atoms with E-state index in [1.54, 1.807) is 0 Å². The van der Waals surface area contributed by atoms with Gasteiger partial charge in [-0.1, -0.05) is 287 Å². The van der Waals surface area contributed by atoms with Crippen molar-refractivity contribution in [2.24, 2.45) is 23.7 Å². The number of aliphatic hydroxyl groups excluding tert-OH is 1. The van der Waals surface area contributed by atoms with Gasteiger partial charge in [0.25, 0.3) is 0 Å². The molecular weight excluding hydrogens is 1160 g/mol. The topological polar surface area (TPSA) is 237 Å². The van der Waals surface area contributed by atoms with E-state index >= 15 is 0 Å². The summed E-state index contributed by atoms with van der Waals surface area (Å²) in [5.74, 6) is 0.834. The molecule has 0 saturated heterocycles. The molecule has 0 bridgehead atoms. The maximum Gasteiger partial charge on any atom is 0.472 e. The lowest BCUT2D eigenvalue weighted by atomic mass is 10.00. The summed E-state index contributed by atoms with van der Waals surface area (Å²) < 4.78 is 68.2. The number of aliphatic hydroxyl groups is 1. The van der Waals surface area contributed by atoms with Crippen molar-refractivity contribution in [3.05, 3.63) is 0 Å². The molecule has 0 aromatic carbocycles. The first kappa shape index (κ1) is 86.1. The molecule has 17 nitrogen and oxygen atoms in total. The van der Waals surface area contributed by atoms with E-state index in [0.29, 0.717) is 25.7 Å². The van der Waals surface area contributed by atoms with Gasteiger partial charge in [0.2, 0.25) is 0 Å². The summed E-state index contributed by atoms with van der Waals surface area (Å²) in [6.07, 6.45) is 40.4. The predicted molar refractivity (Wildman–Crippen MR) is 354 cm³/mol. The lowest BCUT2D eigenvalue weighted by molar-refractivity contribution is -0.161. The van der Waals surface area contributed by atoms with Crippen LogP contribution in [0.3, 0.4) is 0 Å². The Labute approximate surface area is 537 Å². The number of ether oxygens (including phenoxy) is 4. The molecule has 3 unspecified atom stereocenters. The second-order valence-electron chi connectivity index (χ2n) is 26.6. The third-order valence-electron chi connectivity index (χ3n) is 16.2. The molecule has 0 fully saturated rings. The smallest absolute Gasteiger partial charge is 0.462 e. The second-order valence-corrected chi connectivity index (χ2v) is 29.5. The maximum atomic E-state index is 13.0. The van der Waals surface area contributed by atoms with Crippen LogP contribution in [0, 0.1) is 23.7 Å². The quantitative estimate of drug-likeness (QED) is 0.0222. The number of carbonyl (C=O) groups excluding carboxylic acids is 4. The highest BCUT2D eigenvalue weighted by molar-refractivity contribution is 7.47. The van der Waals surface area contributed by atoms with Crippen molar-refractivity contribution in [1.29, 1.82) is 0 Å². The first-order valence-electron chi connectivity index (χ1n) is 35.7. The molecule has 0 radical (unpaired) electrons. The number of phosphoric ester groups is 2. The Bertz CT molecular complexity index is 1750. The average molecular weight is 1300 g/mol. The molecule has 0 aromatic heterocycles. The molecule has 88 heavy (non-hydrogen) atoms. The minimum atomic E-state index is -4.95. The van der Waals surface area contributed by atoms with Crippen molar-refractivity contribution in [3.63, 3.8) is 0 Å². The molecule has 0 heterocycles. The molecule has 3 N–H and O–H groups in total. The number of hydrogen-bond donors (Lipinski definition) is 3. The molecule has 0 rings (SSSR count). The molecule has 0 aromatic rings. The highest BCUT2D eigenvalue weighted by Crippen LogP contribution is 2.45. The Hall–Kier alpha value is -1.94. The van der Waals surface area contributed by atoms with Crippen molar-refractivity contribution in [2.45, 2.75) is 356 Å². The van der Waals surface area contributed by atoms with Gasteiger partial charge in [-0.25, -0.2) is 9.13 Å². The molecule has 0 spiro atoms. The first-order valence-corrected chi connectivity index (χ1v) is 38.7. The number of unbranched alkanes of at least 4 members (excludes halogenated alkanes) is 31. The molecule has 0 aliphatic rings. The summed E-state index contributed by atoms with van der Waals surface area (Å²) in [5.41, 5.74) is 0. The summed E-state index contributed by atoms with van der Waals surface area (Å²) in [6, 6.07) is 0. The van der Waals surface area contributed by atoms with Crippen LogP contribution in [0.25, 0.3) is 0 Å². The first-order chi connectivity index (χ1) is 42.1. The van der Waals surface area contributed by atoms with Gasteiger partial charge in [-0.2, -0.15) is 0 Å². The van der Waals surface area contributed by atoms with E-state index in [-0.39, 0.29) is 25.7 Å². The summed E-state index contributed by atoms with van der Waals surface area (Å²) >= 11 is 0. The number of phosphoric acid groups is 2. The van der Waals surface area contributed by atoms with Gasteiger partial charge in [-0.15, -0.1) is 0 Å². The summed E-state index contributed by atoms with van der Waals surface area (Å²) in [5, 5.41) is 10.6. The van der Waals surface area contributed by atoms with E-state index in [1.807, 2.05) is 0 Å². The Kier molecular flexibility index (Phi) is 57.6. The van der Waals surface area contributed by atoms with Crippen LogP contribution < -0.4 is 0 Å². The lowest BCUT2D eigenvalue weighted by Crippen LogP contribution is -2.30. The summed E-state index contributed by atoms with van der Waals surface area (Å²) in [7, 11) is -9.90. The fourth-order valence-electron chi connectivity index (χ4n) is 10.3. The number of carbonyl (C=O) groups is 4. The van der Waals surface area contributed by atoms with Crippen LogP contribution in [0.2, 0.25) is 0 Å². The minimum Gasteiger partial charge on any atom is -0.462 e. The van der Waals surface area contributed by atoms with Crippen LogP contribution in [-0.4, -0.2) is 96.7 Å². The Morgan fingerprint density at radius 2 is 0.545 bits per heavy atom. The van der Waals surface area contributed by atoms with E-state index in [2.05, 4.69) is 55.4 Å². The zero-order chi connectivity index (χ0) is 65.4. The van der Waals surface area contributed by atoms with Crippen molar-refractivity contribution < 1.29 is 80.2 Å². The summed E-state index contributed by atoms with van der Waals surface area (Å²) in [4.78, 5) is 72.5. The number of hydrogen-bond acceptors (Lipinski definition) is 15. The highest BCUT2D eigenvalue weighted by atomic mass is 31.2. The zero-order valence-electron chi connectivity index (χ0n) is 57.3. The Morgan fingerprint density at radius 3 is 0.807 bits per heavy atom. The molecule has 6 atom stereocenters. The van der Waals surface area contributed by atoms with Gasteiger partial charge >= 0.3 is 39.5 Å². The highest BCUT2D eigenvalue weighted by Gasteiger charge is 2.30. The molecule has 0 saturated carbocycles. The van der Waals surface area contributed by atoms with E-state index in [0.717, 1.165) is 120 Å². The van der Waals surface area contributed by atoms with E-state index < -0.39 is 97.5 Å². The third kappa shape index (κ3) is 61.6. The third-order valence-corrected chi connectivity index (χ3v) is 18.1. The van der Waals surface area contributed by atoms with Gasteiger partial charge in [0.1, 0.15) is 19.3 Å². The summed E-state index contributed by atoms with van der Waals surface area (Å²) in [6.45, 7) is 14.0. The Balaban J connectivity index is 5.25. The van der Waals surface area contributed by atoms with Gasteiger partial charge < -0.3 is 33.8 Å². The minimum absolute atomic E-state index is 0.104. The predicted octanol–water partition coefficient (Wildman–Crippen LogP) is 19.3. The zero-order valence-corrected chi connectivity index (χ0v) is 59.1. The fourth-order valence-corrected chi connectivity index (χ4v) is 11.9. The van der Waals surface area contributed by atoms with Crippen LogP contribution >= 0.6 is 15.6 Å². The molecular formula is C69H134O17P2. The lowest BCUT2D eigenvalue weighted by Gasteiger charge is -2.21. The normalized spacial score (nSPS) is 14.6. The van der Waals surface area contributed by atoms with E-state index in [4.69, 9.17) is 37.0 Å². The number of esters is 4.